The van der Waals surface area contributed by atoms with Crippen LogP contribution in [0.15, 0.2) is 9.98 Å². The number of amides is 2. The van der Waals surface area contributed by atoms with E-state index in [1.165, 1.54) is 93.4 Å². The fourth-order valence-electron chi connectivity index (χ4n) is 1.66. The largest absolute Gasteiger partial charge is 0.610 e. The molecule has 0 aromatic heterocycles. The number of aliphatic imine (C=N–C) groups is 2. The van der Waals surface area contributed by atoms with Crippen molar-refractivity contribution in [2.24, 2.45) is 9.98 Å². The molecule has 2 atom stereocenters. The van der Waals surface area contributed by atoms with Crippen molar-refractivity contribution in [3.8, 4) is 0 Å². The highest BCUT2D eigenvalue weighted by atomic mass is 32.3. The summed E-state index contributed by atoms with van der Waals surface area (Å²) in [6, 6.07) is 0. The molecule has 0 spiro atoms. The van der Waals surface area contributed by atoms with Crippen LogP contribution in [0.5, 0.6) is 0 Å². The second kappa shape index (κ2) is 34.2. The Labute approximate surface area is 285 Å². The normalized spacial score (nSPS) is 13.2. The van der Waals surface area contributed by atoms with E-state index in [4.69, 9.17) is 10.2 Å². The number of nitrogens with one attached hydrogen (secondary N) is 2. The average molecular weight is 787 g/mol. The average Bonchev–Trinajstić information content (AvgIpc) is 2.94. The standard InChI is InChI=1S/C18H34N4O6S12/c23-9-33-11-35-14-38-18(26)22-6-31-3-19-7-39(27)15-30-2-1-29-13-37-17(25)21-5-32-4-20-8-40(28)16-36-12-34-10-24/h7-8,23-24H,1-6,9-16H2,(H,21,25)(H,22,26)/b19-7-,20-8-. The zero-order valence-corrected chi connectivity index (χ0v) is 31.2. The van der Waals surface area contributed by atoms with Crippen molar-refractivity contribution in [3.63, 3.8) is 0 Å². The van der Waals surface area contributed by atoms with Gasteiger partial charge in [-0.25, -0.2) is 9.98 Å². The van der Waals surface area contributed by atoms with E-state index in [1.54, 1.807) is 35.3 Å². The zero-order chi connectivity index (χ0) is 29.5. The van der Waals surface area contributed by atoms with Gasteiger partial charge in [0, 0.05) is 54.2 Å². The summed E-state index contributed by atoms with van der Waals surface area (Å²) in [5, 5.41) is 26.3. The van der Waals surface area contributed by atoms with Crippen molar-refractivity contribution in [1.82, 2.24) is 10.6 Å². The summed E-state index contributed by atoms with van der Waals surface area (Å²) >= 11 is 12.1. The Balaban J connectivity index is 3.50. The predicted molar refractivity (Wildman–Crippen MR) is 199 cm³/mol. The molecule has 0 aromatic carbocycles. The quantitative estimate of drug-likeness (QED) is 0.0295. The minimum absolute atomic E-state index is 0.0614. The van der Waals surface area contributed by atoms with Gasteiger partial charge in [0.15, 0.2) is 10.2 Å². The molecular formula is C18H34N4O6S12. The molecule has 0 radical (unpaired) electrons. The first-order chi connectivity index (χ1) is 19.5. The van der Waals surface area contributed by atoms with Crippen LogP contribution in [0.3, 0.4) is 0 Å². The Kier molecular flexibility index (Phi) is 36.2. The lowest BCUT2D eigenvalue weighted by Crippen LogP contribution is -2.18. The predicted octanol–water partition coefficient (Wildman–Crippen LogP) is 4.77. The maximum Gasteiger partial charge on any atom is 0.280 e. The number of thioether (sulfide) groups is 10. The molecule has 0 aromatic rings. The second-order valence-electron chi connectivity index (χ2n) is 6.11. The number of hydrogen-bond donors (Lipinski definition) is 4. The van der Waals surface area contributed by atoms with E-state index in [1.807, 2.05) is 0 Å². The van der Waals surface area contributed by atoms with Crippen LogP contribution in [0.2, 0.25) is 0 Å². The molecule has 2 unspecified atom stereocenters. The van der Waals surface area contributed by atoms with Gasteiger partial charge in [0.05, 0.1) is 35.4 Å². The van der Waals surface area contributed by atoms with Crippen molar-refractivity contribution in [3.05, 3.63) is 0 Å². The van der Waals surface area contributed by atoms with Crippen molar-refractivity contribution in [2.75, 3.05) is 77.4 Å². The van der Waals surface area contributed by atoms with Gasteiger partial charge < -0.3 is 30.0 Å². The monoisotopic (exact) mass is 786 g/mol. The maximum atomic E-state index is 12.0. The van der Waals surface area contributed by atoms with E-state index in [9.17, 15) is 18.7 Å². The van der Waals surface area contributed by atoms with E-state index in [0.29, 0.717) is 48.9 Å². The minimum Gasteiger partial charge on any atom is -0.610 e. The number of nitrogens with zero attached hydrogens (tertiary/aromatic N) is 2. The van der Waals surface area contributed by atoms with Crippen LogP contribution in [0.1, 0.15) is 0 Å². The molecule has 0 fully saturated rings. The van der Waals surface area contributed by atoms with Gasteiger partial charge in [-0.05, 0) is 0 Å². The van der Waals surface area contributed by atoms with Gasteiger partial charge in [0.25, 0.3) is 10.5 Å². The summed E-state index contributed by atoms with van der Waals surface area (Å²) in [6.07, 6.45) is 0. The molecule has 0 aliphatic carbocycles. The molecule has 10 nitrogen and oxygen atoms in total. The number of carbonyl (C=O) groups is 2. The van der Waals surface area contributed by atoms with Crippen LogP contribution in [-0.2, 0) is 22.4 Å². The van der Waals surface area contributed by atoms with E-state index >= 15 is 0 Å². The van der Waals surface area contributed by atoms with Crippen LogP contribution in [0.25, 0.3) is 0 Å². The molecule has 40 heavy (non-hydrogen) atoms. The summed E-state index contributed by atoms with van der Waals surface area (Å²) in [6.45, 7) is 0. The Bertz CT molecular complexity index is 677. The van der Waals surface area contributed by atoms with Crippen molar-refractivity contribution in [1.29, 1.82) is 0 Å². The molecule has 0 heterocycles. The number of aliphatic hydroxyl groups excluding tert-OH is 2. The molecule has 2 amide bonds. The Morgan fingerprint density at radius 1 is 0.650 bits per heavy atom. The number of aliphatic hydroxyl groups is 2. The molecular weight excluding hydrogens is 753 g/mol. The number of carbonyl (C=O) groups excluding carboxylic acids is 2. The first-order valence-corrected chi connectivity index (χ1v) is 24.9. The molecule has 234 valence electrons. The van der Waals surface area contributed by atoms with Gasteiger partial charge in [-0.3, -0.25) is 9.59 Å². The molecule has 0 bridgehead atoms. The first-order valence-electron chi connectivity index (χ1n) is 10.9. The van der Waals surface area contributed by atoms with Crippen LogP contribution < -0.4 is 10.6 Å². The number of rotatable bonds is 27. The van der Waals surface area contributed by atoms with Gasteiger partial charge in [0.1, 0.15) is 0 Å². The maximum absolute atomic E-state index is 12.0. The van der Waals surface area contributed by atoms with Crippen molar-refractivity contribution in [2.45, 2.75) is 0 Å². The van der Waals surface area contributed by atoms with Crippen molar-refractivity contribution < 1.29 is 28.9 Å². The summed E-state index contributed by atoms with van der Waals surface area (Å²) < 4.78 is 23.6. The molecule has 4 N–H and O–H groups in total. The summed E-state index contributed by atoms with van der Waals surface area (Å²) in [7, 11) is 0. The Morgan fingerprint density at radius 3 is 1.68 bits per heavy atom. The highest BCUT2D eigenvalue weighted by Crippen LogP contribution is 2.18. The molecule has 0 rings (SSSR count). The van der Waals surface area contributed by atoms with E-state index < -0.39 is 22.4 Å². The van der Waals surface area contributed by atoms with E-state index in [2.05, 4.69) is 20.6 Å². The van der Waals surface area contributed by atoms with E-state index in [0.717, 1.165) is 16.6 Å². The Hall–Kier alpha value is 2.32. The third kappa shape index (κ3) is 33.2. The molecule has 22 heteroatoms. The van der Waals surface area contributed by atoms with Crippen LogP contribution >= 0.6 is 118 Å². The van der Waals surface area contributed by atoms with Crippen LogP contribution in [0.4, 0.5) is 9.59 Å². The molecule has 0 saturated carbocycles. The summed E-state index contributed by atoms with van der Waals surface area (Å²) in [5.74, 6) is 3.56. The van der Waals surface area contributed by atoms with Crippen LogP contribution in [0, 0.1) is 0 Å². The number of hydrogen-bond acceptors (Lipinski definition) is 18. The highest BCUT2D eigenvalue weighted by molar-refractivity contribution is 8.27. The smallest absolute Gasteiger partial charge is 0.280 e. The molecule has 0 aliphatic heterocycles. The van der Waals surface area contributed by atoms with Crippen molar-refractivity contribution >= 4 is 162 Å². The van der Waals surface area contributed by atoms with Gasteiger partial charge in [0.2, 0.25) is 11.1 Å². The third-order valence-corrected chi connectivity index (χ3v) is 15.9. The minimum atomic E-state index is -1.14. The van der Waals surface area contributed by atoms with Gasteiger partial charge in [-0.15, -0.1) is 82.3 Å². The Morgan fingerprint density at radius 2 is 1.12 bits per heavy atom. The summed E-state index contributed by atoms with van der Waals surface area (Å²) in [5.41, 5.74) is 2.87. The molecule has 0 aliphatic rings. The molecule has 0 saturated heterocycles. The highest BCUT2D eigenvalue weighted by Gasteiger charge is 2.06. The first kappa shape index (κ1) is 42.3. The van der Waals surface area contributed by atoms with Crippen LogP contribution in [-0.4, -0.2) is 118 Å². The van der Waals surface area contributed by atoms with Gasteiger partial charge in [-0.1, -0.05) is 35.3 Å². The van der Waals surface area contributed by atoms with Gasteiger partial charge >= 0.3 is 0 Å². The fourth-order valence-corrected chi connectivity index (χ4v) is 12.4. The van der Waals surface area contributed by atoms with E-state index in [-0.39, 0.29) is 22.4 Å². The summed E-state index contributed by atoms with van der Waals surface area (Å²) in [4.78, 5) is 31.7. The zero-order valence-electron chi connectivity index (χ0n) is 21.4. The fraction of sp³-hybridized carbons (Fsp3) is 0.778. The lowest BCUT2D eigenvalue weighted by atomic mass is 11.0. The second-order valence-corrected chi connectivity index (χ2v) is 20.7. The van der Waals surface area contributed by atoms with Gasteiger partial charge in [-0.2, -0.15) is 0 Å². The lowest BCUT2D eigenvalue weighted by molar-refractivity contribution is 0.261. The lowest BCUT2D eigenvalue weighted by Gasteiger charge is -2.06. The third-order valence-electron chi connectivity index (χ3n) is 3.19. The SMILES string of the molecule is O=C(NCSC/N=C\[S+]([O-])CSCSCO)SCSCCSC[S+]([O-])/C=N\CSCNC(=O)SCSCSCO. The topological polar surface area (TPSA) is 169 Å².